The van der Waals surface area contributed by atoms with Gasteiger partial charge >= 0.3 is 0 Å². The largest absolute Gasteiger partial charge is 0.368 e. The Kier molecular flexibility index (Phi) is 5.35. The Bertz CT molecular complexity index is 413. The van der Waals surface area contributed by atoms with E-state index in [1.807, 2.05) is 32.0 Å². The van der Waals surface area contributed by atoms with Crippen LogP contribution in [0.3, 0.4) is 0 Å². The number of benzene rings is 1. The summed E-state index contributed by atoms with van der Waals surface area (Å²) in [6, 6.07) is 6.01. The van der Waals surface area contributed by atoms with Gasteiger partial charge < -0.3 is 10.1 Å². The summed E-state index contributed by atoms with van der Waals surface area (Å²) in [5.74, 6) is 0.338. The van der Waals surface area contributed by atoms with Gasteiger partial charge in [0.2, 0.25) is 0 Å². The molecule has 18 heavy (non-hydrogen) atoms. The van der Waals surface area contributed by atoms with Crippen molar-refractivity contribution in [2.45, 2.75) is 40.7 Å². The second-order valence-corrected chi connectivity index (χ2v) is 5.18. The molecule has 1 amide bonds. The van der Waals surface area contributed by atoms with E-state index in [-0.39, 0.29) is 5.91 Å². The highest BCUT2D eigenvalue weighted by Gasteiger charge is 2.14. The van der Waals surface area contributed by atoms with Gasteiger partial charge in [-0.3, -0.25) is 4.79 Å². The van der Waals surface area contributed by atoms with E-state index in [1.54, 1.807) is 6.92 Å². The second-order valence-electron chi connectivity index (χ2n) is 5.18. The van der Waals surface area contributed by atoms with Crippen LogP contribution in [0.15, 0.2) is 18.2 Å². The van der Waals surface area contributed by atoms with Crippen molar-refractivity contribution in [3.63, 3.8) is 0 Å². The van der Waals surface area contributed by atoms with Crippen LogP contribution in [0.25, 0.3) is 0 Å². The lowest BCUT2D eigenvalue weighted by atomic mass is 10.1. The molecule has 0 aliphatic carbocycles. The summed E-state index contributed by atoms with van der Waals surface area (Å²) in [4.78, 5) is 12.0. The summed E-state index contributed by atoms with van der Waals surface area (Å²) >= 11 is 0. The van der Waals surface area contributed by atoms with Crippen LogP contribution >= 0.6 is 0 Å². The highest BCUT2D eigenvalue weighted by Crippen LogP contribution is 2.16. The average Bonchev–Trinajstić information content (AvgIpc) is 2.30. The lowest BCUT2D eigenvalue weighted by Crippen LogP contribution is -2.29. The summed E-state index contributed by atoms with van der Waals surface area (Å²) < 4.78 is 5.50. The van der Waals surface area contributed by atoms with Crippen LogP contribution in [-0.2, 0) is 9.53 Å². The molecule has 0 saturated heterocycles. The normalized spacial score (nSPS) is 12.6. The molecular weight excluding hydrogens is 226 g/mol. The SMILES string of the molecule is Cc1ccc(C)c(NC(=O)[C@@H](C)OCC(C)C)c1. The maximum absolute atomic E-state index is 12.0. The summed E-state index contributed by atoms with van der Waals surface area (Å²) in [5.41, 5.74) is 3.05. The molecule has 0 bridgehead atoms. The molecule has 0 spiro atoms. The summed E-state index contributed by atoms with van der Waals surface area (Å²) in [5, 5.41) is 2.91. The van der Waals surface area contributed by atoms with Crippen molar-refractivity contribution < 1.29 is 9.53 Å². The van der Waals surface area contributed by atoms with E-state index in [1.165, 1.54) is 0 Å². The molecule has 1 rings (SSSR count). The second kappa shape index (κ2) is 6.55. The van der Waals surface area contributed by atoms with Crippen LogP contribution in [0.1, 0.15) is 31.9 Å². The van der Waals surface area contributed by atoms with Gasteiger partial charge in [0.15, 0.2) is 0 Å². The van der Waals surface area contributed by atoms with Crippen molar-refractivity contribution in [3.8, 4) is 0 Å². The van der Waals surface area contributed by atoms with Gasteiger partial charge in [-0.05, 0) is 43.9 Å². The highest BCUT2D eigenvalue weighted by molar-refractivity contribution is 5.94. The van der Waals surface area contributed by atoms with Crippen molar-refractivity contribution in [1.82, 2.24) is 0 Å². The fourth-order valence-electron chi connectivity index (χ4n) is 1.52. The minimum atomic E-state index is -0.424. The van der Waals surface area contributed by atoms with E-state index in [0.29, 0.717) is 12.5 Å². The van der Waals surface area contributed by atoms with Gasteiger partial charge in [-0.1, -0.05) is 26.0 Å². The van der Waals surface area contributed by atoms with Crippen molar-refractivity contribution in [2.75, 3.05) is 11.9 Å². The summed E-state index contributed by atoms with van der Waals surface area (Å²) in [7, 11) is 0. The van der Waals surface area contributed by atoms with Gasteiger partial charge in [-0.15, -0.1) is 0 Å². The van der Waals surface area contributed by atoms with Gasteiger partial charge in [0.05, 0.1) is 0 Å². The Balaban J connectivity index is 2.61. The number of rotatable bonds is 5. The number of carbonyl (C=O) groups excluding carboxylic acids is 1. The van der Waals surface area contributed by atoms with Crippen LogP contribution in [-0.4, -0.2) is 18.6 Å². The Hall–Kier alpha value is -1.35. The molecule has 3 nitrogen and oxygen atoms in total. The highest BCUT2D eigenvalue weighted by atomic mass is 16.5. The molecule has 1 aromatic carbocycles. The molecule has 0 saturated carbocycles. The van der Waals surface area contributed by atoms with E-state index in [9.17, 15) is 4.79 Å². The van der Waals surface area contributed by atoms with Crippen LogP contribution in [0.4, 0.5) is 5.69 Å². The van der Waals surface area contributed by atoms with Crippen LogP contribution < -0.4 is 5.32 Å². The number of nitrogens with one attached hydrogen (secondary N) is 1. The molecule has 0 aromatic heterocycles. The molecule has 1 aromatic rings. The minimum absolute atomic E-state index is 0.0932. The number of anilines is 1. The van der Waals surface area contributed by atoms with Crippen molar-refractivity contribution >= 4 is 11.6 Å². The first-order valence-electron chi connectivity index (χ1n) is 6.40. The Morgan fingerprint density at radius 2 is 1.94 bits per heavy atom. The summed E-state index contributed by atoms with van der Waals surface area (Å²) in [6.07, 6.45) is -0.424. The van der Waals surface area contributed by atoms with Gasteiger partial charge in [-0.25, -0.2) is 0 Å². The number of ether oxygens (including phenoxy) is 1. The van der Waals surface area contributed by atoms with E-state index < -0.39 is 6.10 Å². The van der Waals surface area contributed by atoms with Crippen molar-refractivity contribution in [1.29, 1.82) is 0 Å². The third-order valence-electron chi connectivity index (χ3n) is 2.70. The lowest BCUT2D eigenvalue weighted by Gasteiger charge is -2.16. The first-order valence-corrected chi connectivity index (χ1v) is 6.40. The molecule has 0 fully saturated rings. The maximum Gasteiger partial charge on any atom is 0.253 e. The van der Waals surface area contributed by atoms with Crippen LogP contribution in [0, 0.1) is 19.8 Å². The van der Waals surface area contributed by atoms with Crippen LogP contribution in [0.2, 0.25) is 0 Å². The smallest absolute Gasteiger partial charge is 0.253 e. The first kappa shape index (κ1) is 14.7. The monoisotopic (exact) mass is 249 g/mol. The van der Waals surface area contributed by atoms with Gasteiger partial charge in [0.25, 0.3) is 5.91 Å². The molecule has 100 valence electrons. The third-order valence-corrected chi connectivity index (χ3v) is 2.70. The van der Waals surface area contributed by atoms with E-state index >= 15 is 0 Å². The van der Waals surface area contributed by atoms with Crippen molar-refractivity contribution in [3.05, 3.63) is 29.3 Å². The molecule has 1 atom stereocenters. The number of hydrogen-bond donors (Lipinski definition) is 1. The molecule has 0 heterocycles. The Morgan fingerprint density at radius 3 is 2.56 bits per heavy atom. The van der Waals surface area contributed by atoms with Crippen LogP contribution in [0.5, 0.6) is 0 Å². The molecule has 0 aliphatic heterocycles. The maximum atomic E-state index is 12.0. The molecule has 0 radical (unpaired) electrons. The van der Waals surface area contributed by atoms with E-state index in [2.05, 4.69) is 19.2 Å². The van der Waals surface area contributed by atoms with Crippen molar-refractivity contribution in [2.24, 2.45) is 5.92 Å². The topological polar surface area (TPSA) is 38.3 Å². The fraction of sp³-hybridized carbons (Fsp3) is 0.533. The zero-order valence-corrected chi connectivity index (χ0v) is 11.9. The minimum Gasteiger partial charge on any atom is -0.368 e. The first-order chi connectivity index (χ1) is 8.40. The zero-order chi connectivity index (χ0) is 13.7. The van der Waals surface area contributed by atoms with Gasteiger partial charge in [0, 0.05) is 12.3 Å². The molecule has 0 aliphatic rings. The fourth-order valence-corrected chi connectivity index (χ4v) is 1.52. The van der Waals surface area contributed by atoms with Gasteiger partial charge in [-0.2, -0.15) is 0 Å². The predicted molar refractivity (Wildman–Crippen MR) is 74.8 cm³/mol. The number of amides is 1. The molecule has 1 N–H and O–H groups in total. The lowest BCUT2D eigenvalue weighted by molar-refractivity contribution is -0.126. The quantitative estimate of drug-likeness (QED) is 0.869. The Labute approximate surface area is 110 Å². The average molecular weight is 249 g/mol. The molecule has 0 unspecified atom stereocenters. The number of carbonyl (C=O) groups is 1. The zero-order valence-electron chi connectivity index (χ0n) is 11.9. The third kappa shape index (κ3) is 4.49. The van der Waals surface area contributed by atoms with Gasteiger partial charge in [0.1, 0.15) is 6.10 Å². The molecular formula is C15H23NO2. The Morgan fingerprint density at radius 1 is 1.28 bits per heavy atom. The predicted octanol–water partition coefficient (Wildman–Crippen LogP) is 3.30. The standard InChI is InChI=1S/C15H23NO2/c1-10(2)9-18-13(5)15(17)16-14-8-11(3)6-7-12(14)4/h6-8,10,13H,9H2,1-5H3,(H,16,17)/t13-/m1/s1. The summed E-state index contributed by atoms with van der Waals surface area (Å²) in [6.45, 7) is 10.5. The number of aryl methyl sites for hydroxylation is 2. The number of hydrogen-bond acceptors (Lipinski definition) is 2. The molecule has 3 heteroatoms. The van der Waals surface area contributed by atoms with E-state index in [0.717, 1.165) is 16.8 Å². The van der Waals surface area contributed by atoms with E-state index in [4.69, 9.17) is 4.74 Å².